The van der Waals surface area contributed by atoms with E-state index in [2.05, 4.69) is 5.32 Å². The first-order valence-electron chi connectivity index (χ1n) is 19.2. The zero-order valence-corrected chi connectivity index (χ0v) is 32.8. The molecule has 2 saturated carbocycles. The molecular formula is C44H49NO13. The molecule has 1 heterocycles. The fraction of sp³-hybridized carbons (Fsp3) is 0.455. The highest BCUT2D eigenvalue weighted by atomic mass is 16.6. The van der Waals surface area contributed by atoms with Crippen molar-refractivity contribution in [1.82, 2.24) is 5.32 Å². The van der Waals surface area contributed by atoms with E-state index in [0.29, 0.717) is 11.3 Å². The van der Waals surface area contributed by atoms with Gasteiger partial charge in [-0.1, -0.05) is 62.4 Å². The van der Waals surface area contributed by atoms with Gasteiger partial charge in [0.2, 0.25) is 0 Å². The fourth-order valence-corrected chi connectivity index (χ4v) is 9.69. The SMILES string of the molecule is COc1ccc([C@H](NC(=O)c2ccccc2)C(O)C(=O)OC2CC3(O)C(OC(=O)c4ccccc4)C4C5(O)COC5CC(O)[C@@]4(C)C(=O)C(O)C(=C2C)C3(C)C)cc1. The normalized spacial score (nSPS) is 33.4. The lowest BCUT2D eigenvalue weighted by molar-refractivity contribution is -0.343. The van der Waals surface area contributed by atoms with E-state index in [1.807, 2.05) is 0 Å². The van der Waals surface area contributed by atoms with Gasteiger partial charge in [-0.3, -0.25) is 9.59 Å². The third kappa shape index (κ3) is 6.42. The molecule has 58 heavy (non-hydrogen) atoms. The van der Waals surface area contributed by atoms with Crippen LogP contribution in [0.25, 0.3) is 0 Å². The smallest absolute Gasteiger partial charge is 0.338 e. The first kappa shape index (κ1) is 41.2. The Morgan fingerprint density at radius 3 is 2.05 bits per heavy atom. The Hall–Kier alpha value is -4.96. The molecule has 11 atom stereocenters. The Morgan fingerprint density at radius 1 is 0.879 bits per heavy atom. The lowest BCUT2D eigenvalue weighted by atomic mass is 9.44. The van der Waals surface area contributed by atoms with Gasteiger partial charge in [-0.05, 0) is 67.0 Å². The van der Waals surface area contributed by atoms with Crippen LogP contribution in [0.4, 0.5) is 0 Å². The van der Waals surface area contributed by atoms with Crippen LogP contribution in [0.2, 0.25) is 0 Å². The van der Waals surface area contributed by atoms with E-state index >= 15 is 0 Å². The number of fused-ring (bicyclic) bond motifs is 5. The van der Waals surface area contributed by atoms with Crippen molar-refractivity contribution in [1.29, 1.82) is 0 Å². The number of nitrogens with one attached hydrogen (secondary N) is 1. The summed E-state index contributed by atoms with van der Waals surface area (Å²) in [6, 6.07) is 21.0. The zero-order chi connectivity index (χ0) is 41.9. The van der Waals surface area contributed by atoms with Crippen molar-refractivity contribution in [3.05, 3.63) is 113 Å². The van der Waals surface area contributed by atoms with Crippen LogP contribution in [-0.4, -0.2) is 111 Å². The largest absolute Gasteiger partial charge is 0.497 e. The van der Waals surface area contributed by atoms with Crippen molar-refractivity contribution >= 4 is 23.6 Å². The van der Waals surface area contributed by atoms with Gasteiger partial charge in [-0.15, -0.1) is 0 Å². The highest BCUT2D eigenvalue weighted by Crippen LogP contribution is 2.63. The molecule has 1 saturated heterocycles. The Morgan fingerprint density at radius 2 is 1.48 bits per heavy atom. The molecule has 3 fully saturated rings. The number of aliphatic hydroxyl groups is 5. The fourth-order valence-electron chi connectivity index (χ4n) is 9.69. The maximum Gasteiger partial charge on any atom is 0.338 e. The van der Waals surface area contributed by atoms with E-state index in [1.165, 1.54) is 33.1 Å². The second-order valence-corrected chi connectivity index (χ2v) is 16.6. The Bertz CT molecular complexity index is 2110. The zero-order valence-electron chi connectivity index (χ0n) is 32.8. The Labute approximate surface area is 335 Å². The molecule has 6 N–H and O–H groups in total. The summed E-state index contributed by atoms with van der Waals surface area (Å²) in [4.78, 5) is 56.3. The predicted molar refractivity (Wildman–Crippen MR) is 205 cm³/mol. The van der Waals surface area contributed by atoms with Crippen LogP contribution in [0.5, 0.6) is 5.75 Å². The summed E-state index contributed by atoms with van der Waals surface area (Å²) in [5, 5.41) is 63.8. The quantitative estimate of drug-likeness (QED) is 0.136. The lowest BCUT2D eigenvalue weighted by Crippen LogP contribution is -2.81. The number of aliphatic hydroxyl groups excluding tert-OH is 3. The molecule has 14 nitrogen and oxygen atoms in total. The number of ether oxygens (including phenoxy) is 4. The number of hydrogen-bond acceptors (Lipinski definition) is 13. The Balaban J connectivity index is 1.31. The van der Waals surface area contributed by atoms with Gasteiger partial charge in [0.05, 0.1) is 42.9 Å². The second-order valence-electron chi connectivity index (χ2n) is 16.6. The van der Waals surface area contributed by atoms with E-state index in [1.54, 1.807) is 86.6 Å². The van der Waals surface area contributed by atoms with Gasteiger partial charge >= 0.3 is 11.9 Å². The number of ketones is 1. The van der Waals surface area contributed by atoms with Crippen LogP contribution >= 0.6 is 0 Å². The van der Waals surface area contributed by atoms with Gasteiger partial charge in [0.25, 0.3) is 5.91 Å². The molecule has 3 aromatic rings. The molecule has 4 aliphatic rings. The van der Waals surface area contributed by atoms with E-state index in [4.69, 9.17) is 18.9 Å². The summed E-state index contributed by atoms with van der Waals surface area (Å²) in [6.45, 7) is 5.69. The van der Waals surface area contributed by atoms with E-state index in [0.717, 1.165) is 0 Å². The summed E-state index contributed by atoms with van der Waals surface area (Å²) in [6.07, 6.45) is -10.4. The molecular weight excluding hydrogens is 750 g/mol. The van der Waals surface area contributed by atoms with E-state index < -0.39 is 101 Å². The molecule has 14 heteroatoms. The molecule has 1 aliphatic heterocycles. The topological polar surface area (TPSA) is 218 Å². The molecule has 0 aromatic heterocycles. The first-order valence-corrected chi connectivity index (χ1v) is 19.2. The van der Waals surface area contributed by atoms with Gasteiger partial charge in [0, 0.05) is 29.7 Å². The number of amides is 1. The van der Waals surface area contributed by atoms with Crippen LogP contribution in [0, 0.1) is 16.7 Å². The van der Waals surface area contributed by atoms with Crippen LogP contribution in [0.3, 0.4) is 0 Å². The van der Waals surface area contributed by atoms with Crippen molar-refractivity contribution in [3.63, 3.8) is 0 Å². The number of esters is 2. The maximum absolute atomic E-state index is 14.8. The van der Waals surface area contributed by atoms with Crippen LogP contribution < -0.4 is 10.1 Å². The second kappa shape index (κ2) is 15.0. The van der Waals surface area contributed by atoms with Crippen molar-refractivity contribution in [2.24, 2.45) is 16.7 Å². The van der Waals surface area contributed by atoms with Crippen molar-refractivity contribution in [3.8, 4) is 5.75 Å². The minimum absolute atomic E-state index is 0.0470. The van der Waals surface area contributed by atoms with Gasteiger partial charge in [0.15, 0.2) is 11.9 Å². The van der Waals surface area contributed by atoms with E-state index in [-0.39, 0.29) is 35.3 Å². The lowest BCUT2D eigenvalue weighted by Gasteiger charge is -2.66. The summed E-state index contributed by atoms with van der Waals surface area (Å²) >= 11 is 0. The van der Waals surface area contributed by atoms with E-state index in [9.17, 15) is 44.7 Å². The minimum atomic E-state index is -2.32. The molecule has 308 valence electrons. The molecule has 0 spiro atoms. The van der Waals surface area contributed by atoms with Gasteiger partial charge in [-0.2, -0.15) is 0 Å². The molecule has 2 bridgehead atoms. The summed E-state index contributed by atoms with van der Waals surface area (Å²) < 4.78 is 23.2. The monoisotopic (exact) mass is 799 g/mol. The number of Topliss-reactive ketones (excluding diaryl/α,β-unsaturated/α-hetero) is 1. The number of carbonyl (C=O) groups excluding carboxylic acids is 4. The minimum Gasteiger partial charge on any atom is -0.497 e. The van der Waals surface area contributed by atoms with Crippen molar-refractivity contribution < 1.29 is 63.7 Å². The van der Waals surface area contributed by atoms with Gasteiger partial charge in [0.1, 0.15) is 35.3 Å². The summed E-state index contributed by atoms with van der Waals surface area (Å²) in [5.41, 5.74) is -7.00. The highest BCUT2D eigenvalue weighted by Gasteiger charge is 2.76. The molecule has 1 amide bonds. The number of rotatable bonds is 9. The number of methoxy groups -OCH3 is 1. The van der Waals surface area contributed by atoms with Crippen LogP contribution in [0.15, 0.2) is 96.1 Å². The first-order chi connectivity index (χ1) is 27.4. The number of hydrogen-bond donors (Lipinski definition) is 6. The summed E-state index contributed by atoms with van der Waals surface area (Å²) in [7, 11) is 1.47. The predicted octanol–water partition coefficient (Wildman–Crippen LogP) is 2.60. The molecule has 7 rings (SSSR count). The van der Waals surface area contributed by atoms with Crippen LogP contribution in [-0.2, 0) is 23.8 Å². The molecule has 0 radical (unpaired) electrons. The average molecular weight is 800 g/mol. The van der Waals surface area contributed by atoms with Gasteiger partial charge in [-0.25, -0.2) is 9.59 Å². The molecule has 3 aliphatic carbocycles. The van der Waals surface area contributed by atoms with Crippen molar-refractivity contribution in [2.75, 3.05) is 13.7 Å². The molecule has 9 unspecified atom stereocenters. The maximum atomic E-state index is 14.8. The number of benzene rings is 3. The van der Waals surface area contributed by atoms with Crippen LogP contribution in [0.1, 0.15) is 72.9 Å². The number of carbonyl (C=O) groups is 4. The third-order valence-electron chi connectivity index (χ3n) is 13.2. The summed E-state index contributed by atoms with van der Waals surface area (Å²) in [5.74, 6) is -4.67. The van der Waals surface area contributed by atoms with Crippen molar-refractivity contribution in [2.45, 2.75) is 94.4 Å². The van der Waals surface area contributed by atoms with Gasteiger partial charge < -0.3 is 49.8 Å². The standard InChI is InChI=1S/C44H49NO13/c1-23-28(57-40(52)34(48)32(24-16-18-27(55-5)19-17-24)45-38(50)25-12-8-6-9-13-25)21-44(54)37(58-39(51)26-14-10-7-11-15-26)35-42(4,29(46)20-30-43(35,53)22-56-30)36(49)33(47)31(23)41(44,2)3/h6-19,28-30,32-35,37,46-48,53-54H,20-22H2,1-5H3,(H,45,50)/t28?,29?,30?,32-,33?,34?,35?,37?,42+,43?,44?/m0/s1. The third-order valence-corrected chi connectivity index (χ3v) is 13.2. The highest BCUT2D eigenvalue weighted by molar-refractivity contribution is 5.95. The Kier molecular flexibility index (Phi) is 10.7. The molecule has 3 aromatic carbocycles. The average Bonchev–Trinajstić information content (AvgIpc) is 3.22.